The van der Waals surface area contributed by atoms with Crippen LogP contribution in [0.5, 0.6) is 0 Å². The molecular weight excluding hydrogens is 727 g/mol. The molecule has 1 aliphatic rings. The van der Waals surface area contributed by atoms with Crippen LogP contribution in [0.3, 0.4) is 0 Å². The van der Waals surface area contributed by atoms with Crippen LogP contribution in [0.2, 0.25) is 0 Å². The second-order valence-electron chi connectivity index (χ2n) is 16.8. The summed E-state index contributed by atoms with van der Waals surface area (Å²) in [6.07, 6.45) is 0. The normalized spacial score (nSPS) is 12.9. The number of aromatic nitrogens is 1. The van der Waals surface area contributed by atoms with Gasteiger partial charge >= 0.3 is 0 Å². The number of rotatable bonds is 3. The maximum atomic E-state index is 6.52. The summed E-state index contributed by atoms with van der Waals surface area (Å²) in [6.45, 7) is 6.79. The smallest absolute Gasteiger partial charge is 0.197 e. The average molecular weight is 762 g/mol. The van der Waals surface area contributed by atoms with Crippen LogP contribution in [0.4, 0.5) is 11.4 Å². The third-order valence-electron chi connectivity index (χ3n) is 12.4. The van der Waals surface area contributed by atoms with Gasteiger partial charge in [-0.25, -0.2) is 0 Å². The van der Waals surface area contributed by atoms with Gasteiger partial charge in [0, 0.05) is 92.8 Å². The molecule has 8 aromatic carbocycles. The molecule has 4 aromatic heterocycles. The van der Waals surface area contributed by atoms with Crippen molar-refractivity contribution in [3.63, 3.8) is 0 Å². The van der Waals surface area contributed by atoms with Crippen molar-refractivity contribution in [1.82, 2.24) is 4.57 Å². The molecular formula is C52H34BN2O2S. The van der Waals surface area contributed by atoms with E-state index in [4.69, 9.17) is 8.83 Å². The Balaban J connectivity index is 1.12. The number of benzene rings is 8. The number of para-hydroxylation sites is 2. The van der Waals surface area contributed by atoms with E-state index >= 15 is 0 Å². The van der Waals surface area contributed by atoms with Crippen molar-refractivity contribution in [1.29, 1.82) is 0 Å². The summed E-state index contributed by atoms with van der Waals surface area (Å²) >= 11 is 1.85. The van der Waals surface area contributed by atoms with Crippen LogP contribution >= 0.6 is 11.3 Å². The predicted octanol–water partition coefficient (Wildman–Crippen LogP) is 13.6. The van der Waals surface area contributed by atoms with Crippen LogP contribution in [0, 0.1) is 0 Å². The lowest BCUT2D eigenvalue weighted by Crippen LogP contribution is -2.37. The number of thiophene rings is 1. The highest BCUT2D eigenvalue weighted by molar-refractivity contribution is 7.25. The minimum atomic E-state index is 0.0757. The highest BCUT2D eigenvalue weighted by Crippen LogP contribution is 2.44. The van der Waals surface area contributed by atoms with Crippen LogP contribution in [-0.2, 0) is 5.41 Å². The molecule has 273 valence electrons. The molecule has 0 spiro atoms. The van der Waals surface area contributed by atoms with E-state index in [1.807, 2.05) is 23.5 Å². The van der Waals surface area contributed by atoms with Crippen LogP contribution in [-0.4, -0.2) is 11.8 Å². The van der Waals surface area contributed by atoms with Crippen LogP contribution in [0.15, 0.2) is 154 Å². The summed E-state index contributed by atoms with van der Waals surface area (Å²) in [6, 6.07) is 53.0. The number of furan rings is 2. The fourth-order valence-electron chi connectivity index (χ4n) is 9.53. The van der Waals surface area contributed by atoms with Crippen molar-refractivity contribution in [2.24, 2.45) is 0 Å². The van der Waals surface area contributed by atoms with Gasteiger partial charge in [-0.3, -0.25) is 0 Å². The van der Waals surface area contributed by atoms with Gasteiger partial charge in [-0.15, -0.1) is 11.3 Å². The Bertz CT molecular complexity index is 3720. The Morgan fingerprint density at radius 1 is 0.534 bits per heavy atom. The molecule has 4 nitrogen and oxygen atoms in total. The summed E-state index contributed by atoms with van der Waals surface area (Å²) < 4.78 is 18.0. The van der Waals surface area contributed by atoms with Crippen molar-refractivity contribution in [2.75, 3.05) is 5.32 Å². The van der Waals surface area contributed by atoms with Crippen molar-refractivity contribution >= 4 is 127 Å². The Hall–Kier alpha value is -6.76. The lowest BCUT2D eigenvalue weighted by Gasteiger charge is -2.24. The third kappa shape index (κ3) is 4.52. The van der Waals surface area contributed by atoms with E-state index in [-0.39, 0.29) is 5.41 Å². The monoisotopic (exact) mass is 761 g/mol. The van der Waals surface area contributed by atoms with E-state index in [1.54, 1.807) is 0 Å². The van der Waals surface area contributed by atoms with Crippen LogP contribution < -0.4 is 16.2 Å². The van der Waals surface area contributed by atoms with E-state index in [1.165, 1.54) is 58.6 Å². The molecule has 5 heterocycles. The zero-order valence-electron chi connectivity index (χ0n) is 32.1. The highest BCUT2D eigenvalue weighted by atomic mass is 32.1. The summed E-state index contributed by atoms with van der Waals surface area (Å²) in [5.74, 6) is 0. The Morgan fingerprint density at radius 2 is 1.22 bits per heavy atom. The van der Waals surface area contributed by atoms with E-state index in [9.17, 15) is 0 Å². The molecule has 0 unspecified atom stereocenters. The predicted molar refractivity (Wildman–Crippen MR) is 247 cm³/mol. The molecule has 13 rings (SSSR count). The first-order valence-electron chi connectivity index (χ1n) is 19.9. The number of fused-ring (bicyclic) bond motifs is 14. The van der Waals surface area contributed by atoms with Crippen molar-refractivity contribution < 1.29 is 8.83 Å². The number of anilines is 2. The van der Waals surface area contributed by atoms with Gasteiger partial charge in [0.1, 0.15) is 22.3 Å². The van der Waals surface area contributed by atoms with Crippen LogP contribution in [0.25, 0.3) is 103 Å². The Labute approximate surface area is 338 Å². The first-order chi connectivity index (χ1) is 28.3. The van der Waals surface area contributed by atoms with Gasteiger partial charge in [0.05, 0.1) is 5.52 Å². The quantitative estimate of drug-likeness (QED) is 0.182. The molecule has 0 bridgehead atoms. The number of nitrogens with one attached hydrogen (secondary N) is 1. The number of hydrogen-bond donors (Lipinski definition) is 1. The van der Waals surface area contributed by atoms with E-state index < -0.39 is 0 Å². The minimum Gasteiger partial charge on any atom is -0.456 e. The van der Waals surface area contributed by atoms with Crippen LogP contribution in [0.1, 0.15) is 26.3 Å². The molecule has 0 fully saturated rings. The first-order valence-corrected chi connectivity index (χ1v) is 20.7. The lowest BCUT2D eigenvalue weighted by molar-refractivity contribution is 0.590. The number of nitrogens with zero attached hydrogens (tertiary/aromatic N) is 1. The summed E-state index contributed by atoms with van der Waals surface area (Å²) in [5, 5.41) is 13.4. The summed E-state index contributed by atoms with van der Waals surface area (Å²) in [7, 11) is 2.41. The largest absolute Gasteiger partial charge is 0.456 e. The van der Waals surface area contributed by atoms with Gasteiger partial charge in [-0.2, -0.15) is 0 Å². The van der Waals surface area contributed by atoms with Crippen molar-refractivity contribution in [3.8, 4) is 16.8 Å². The van der Waals surface area contributed by atoms with Gasteiger partial charge in [0.2, 0.25) is 0 Å². The molecule has 58 heavy (non-hydrogen) atoms. The molecule has 0 aliphatic carbocycles. The fourth-order valence-corrected chi connectivity index (χ4v) is 10.7. The molecule has 0 saturated carbocycles. The summed E-state index contributed by atoms with van der Waals surface area (Å²) in [4.78, 5) is 0. The molecule has 0 atom stereocenters. The minimum absolute atomic E-state index is 0.0757. The first kappa shape index (κ1) is 32.3. The topological polar surface area (TPSA) is 43.2 Å². The average Bonchev–Trinajstić information content (AvgIpc) is 3.98. The highest BCUT2D eigenvalue weighted by Gasteiger charge is 2.29. The van der Waals surface area contributed by atoms with Crippen molar-refractivity contribution in [3.05, 3.63) is 151 Å². The SMILES string of the molecule is CC(C)(C)c1ccc(Nc2cc3sc4ccccc4c3cc2-c2ccc3c4cc5c(cc4n4c3c2[B]c2cc3c(cc2-4)oc2ccccc23)oc2ccccc25)cc1. The maximum Gasteiger partial charge on any atom is 0.197 e. The Morgan fingerprint density at radius 3 is 1.98 bits per heavy atom. The maximum absolute atomic E-state index is 6.52. The van der Waals surface area contributed by atoms with Gasteiger partial charge in [-0.1, -0.05) is 111 Å². The van der Waals surface area contributed by atoms with Gasteiger partial charge < -0.3 is 18.7 Å². The standard InChI is InChI=1S/C52H34BN2O2S/c1-52(2,3)28-16-18-29(19-17-28)54-41-25-49-39(32-12-6-9-15-48(32)58-49)22-35(41)33-20-21-34-36-23-37-30-10-4-7-13-44(30)56-46(37)26-42(36)55-43-27-47-38(24-40(43)53-50(33)51(34)55)31-11-5-8-14-45(31)57-47/h4-27,54H,1-3H3. The molecule has 1 N–H and O–H groups in total. The Kier molecular flexibility index (Phi) is 6.37. The van der Waals surface area contributed by atoms with E-state index in [2.05, 4.69) is 171 Å². The van der Waals surface area contributed by atoms with Gasteiger partial charge in [0.25, 0.3) is 0 Å². The molecule has 0 saturated heterocycles. The molecule has 12 aromatic rings. The second kappa shape index (κ2) is 11.4. The zero-order valence-corrected chi connectivity index (χ0v) is 32.9. The fraction of sp³-hybridized carbons (Fsp3) is 0.0769. The number of hydrogen-bond acceptors (Lipinski definition) is 4. The van der Waals surface area contributed by atoms with Crippen molar-refractivity contribution in [2.45, 2.75) is 26.2 Å². The third-order valence-corrected chi connectivity index (χ3v) is 13.5. The zero-order chi connectivity index (χ0) is 38.4. The molecule has 0 amide bonds. The van der Waals surface area contributed by atoms with E-state index in [0.717, 1.165) is 71.9 Å². The van der Waals surface area contributed by atoms with Gasteiger partial charge in [-0.05, 0) is 70.5 Å². The molecule has 1 aliphatic heterocycles. The second-order valence-corrected chi connectivity index (χ2v) is 17.9. The lowest BCUT2D eigenvalue weighted by atomic mass is 9.59. The van der Waals surface area contributed by atoms with E-state index in [0.29, 0.717) is 0 Å². The molecule has 6 heteroatoms. The summed E-state index contributed by atoms with van der Waals surface area (Å²) in [5.41, 5.74) is 15.2. The van der Waals surface area contributed by atoms with Gasteiger partial charge in [0.15, 0.2) is 7.28 Å². The molecule has 1 radical (unpaired) electrons.